The van der Waals surface area contributed by atoms with Crippen LogP contribution < -0.4 is 11.0 Å². The molecule has 0 aliphatic carbocycles. The fourth-order valence-corrected chi connectivity index (χ4v) is 2.18. The van der Waals surface area contributed by atoms with Crippen LogP contribution in [-0.4, -0.2) is 20.4 Å². The topological polar surface area (TPSA) is 79.8 Å². The maximum Gasteiger partial charge on any atom is 0.326 e. The highest BCUT2D eigenvalue weighted by Gasteiger charge is 2.11. The lowest BCUT2D eigenvalue weighted by Gasteiger charge is -2.06. The maximum atomic E-state index is 13.1. The number of rotatable bonds is 4. The number of hydrogen-bond donors (Lipinski definition) is 2. The van der Waals surface area contributed by atoms with Gasteiger partial charge >= 0.3 is 5.69 Å². The summed E-state index contributed by atoms with van der Waals surface area (Å²) in [5, 5.41) is 2.69. The third-order valence-electron chi connectivity index (χ3n) is 3.23. The van der Waals surface area contributed by atoms with Crippen molar-refractivity contribution in [2.24, 2.45) is 0 Å². The predicted molar refractivity (Wildman–Crippen MR) is 78.6 cm³/mol. The summed E-state index contributed by atoms with van der Waals surface area (Å²) in [6.07, 6.45) is 1.64. The van der Waals surface area contributed by atoms with E-state index in [1.807, 2.05) is 6.07 Å². The van der Waals surface area contributed by atoms with E-state index >= 15 is 0 Å². The maximum absolute atomic E-state index is 13.1. The van der Waals surface area contributed by atoms with E-state index in [0.29, 0.717) is 11.0 Å². The number of amides is 1. The first kappa shape index (κ1) is 14.0. The second-order valence-electron chi connectivity index (χ2n) is 4.78. The monoisotopic (exact) mass is 300 g/mol. The average Bonchev–Trinajstić information content (AvgIpc) is 2.81. The molecule has 0 aliphatic rings. The van der Waals surface area contributed by atoms with Crippen LogP contribution in [0.2, 0.25) is 0 Å². The van der Waals surface area contributed by atoms with Crippen molar-refractivity contribution >= 4 is 16.9 Å². The van der Waals surface area contributed by atoms with Crippen LogP contribution in [0.3, 0.4) is 0 Å². The van der Waals surface area contributed by atoms with Gasteiger partial charge in [0.05, 0.1) is 23.3 Å². The lowest BCUT2D eigenvalue weighted by molar-refractivity contribution is -0.121. The molecule has 0 atom stereocenters. The van der Waals surface area contributed by atoms with Crippen molar-refractivity contribution in [3.63, 3.8) is 0 Å². The SMILES string of the molecule is O=C(Cn1c(=O)[nH]c2cc(F)ccc21)NCc1ccccn1. The van der Waals surface area contributed by atoms with Gasteiger partial charge in [0.15, 0.2) is 0 Å². The van der Waals surface area contributed by atoms with E-state index in [0.717, 1.165) is 5.69 Å². The van der Waals surface area contributed by atoms with E-state index in [4.69, 9.17) is 0 Å². The molecule has 0 unspecified atom stereocenters. The van der Waals surface area contributed by atoms with Crippen LogP contribution in [0.15, 0.2) is 47.4 Å². The van der Waals surface area contributed by atoms with Crippen LogP contribution in [-0.2, 0) is 17.9 Å². The van der Waals surface area contributed by atoms with E-state index in [2.05, 4.69) is 15.3 Å². The van der Waals surface area contributed by atoms with Gasteiger partial charge in [-0.3, -0.25) is 14.3 Å². The van der Waals surface area contributed by atoms with Gasteiger partial charge < -0.3 is 10.3 Å². The summed E-state index contributed by atoms with van der Waals surface area (Å²) in [5.41, 5.74) is 1.12. The number of hydrogen-bond acceptors (Lipinski definition) is 3. The van der Waals surface area contributed by atoms with Crippen LogP contribution in [0.5, 0.6) is 0 Å². The molecular weight excluding hydrogens is 287 g/mol. The number of imidazole rings is 1. The van der Waals surface area contributed by atoms with E-state index in [9.17, 15) is 14.0 Å². The second kappa shape index (κ2) is 5.80. The van der Waals surface area contributed by atoms with Gasteiger partial charge in [-0.2, -0.15) is 0 Å². The lowest BCUT2D eigenvalue weighted by atomic mass is 10.3. The number of benzene rings is 1. The van der Waals surface area contributed by atoms with Crippen molar-refractivity contribution < 1.29 is 9.18 Å². The first-order valence-corrected chi connectivity index (χ1v) is 6.68. The Kier molecular flexibility index (Phi) is 3.69. The number of aromatic nitrogens is 3. The molecule has 0 aliphatic heterocycles. The number of carbonyl (C=O) groups excluding carboxylic acids is 1. The molecule has 3 aromatic rings. The third kappa shape index (κ3) is 2.88. The van der Waals surface area contributed by atoms with Gasteiger partial charge in [0.1, 0.15) is 12.4 Å². The quantitative estimate of drug-likeness (QED) is 0.759. The smallest absolute Gasteiger partial charge is 0.326 e. The molecular formula is C15H13FN4O2. The van der Waals surface area contributed by atoms with Crippen LogP contribution >= 0.6 is 0 Å². The lowest BCUT2D eigenvalue weighted by Crippen LogP contribution is -2.31. The minimum atomic E-state index is -0.450. The standard InChI is InChI=1S/C15H13FN4O2/c16-10-4-5-13-12(7-10)19-15(22)20(13)9-14(21)18-8-11-3-1-2-6-17-11/h1-7H,8-9H2,(H,18,21)(H,19,22). The molecule has 0 saturated heterocycles. The summed E-state index contributed by atoms with van der Waals surface area (Å²) in [6, 6.07) is 9.34. The third-order valence-corrected chi connectivity index (χ3v) is 3.23. The number of fused-ring (bicyclic) bond motifs is 1. The fraction of sp³-hybridized carbons (Fsp3) is 0.133. The molecule has 0 radical (unpaired) electrons. The fourth-order valence-electron chi connectivity index (χ4n) is 2.18. The van der Waals surface area contributed by atoms with Crippen LogP contribution in [0.25, 0.3) is 11.0 Å². The Morgan fingerprint density at radius 1 is 1.32 bits per heavy atom. The zero-order valence-corrected chi connectivity index (χ0v) is 11.5. The number of aromatic amines is 1. The minimum absolute atomic E-state index is 0.142. The van der Waals surface area contributed by atoms with Crippen LogP contribution in [0.4, 0.5) is 4.39 Å². The number of pyridine rings is 1. The highest BCUT2D eigenvalue weighted by molar-refractivity contribution is 5.80. The molecule has 6 nitrogen and oxygen atoms in total. The Morgan fingerprint density at radius 3 is 2.95 bits per heavy atom. The van der Waals surface area contributed by atoms with Crippen molar-refractivity contribution in [1.82, 2.24) is 19.9 Å². The van der Waals surface area contributed by atoms with Crippen molar-refractivity contribution in [2.45, 2.75) is 13.1 Å². The Hall–Kier alpha value is -2.96. The van der Waals surface area contributed by atoms with Crippen LogP contribution in [0.1, 0.15) is 5.69 Å². The molecule has 7 heteroatoms. The zero-order valence-electron chi connectivity index (χ0n) is 11.5. The molecule has 0 bridgehead atoms. The van der Waals surface area contributed by atoms with Gasteiger partial charge in [0, 0.05) is 6.20 Å². The largest absolute Gasteiger partial charge is 0.349 e. The molecule has 2 aromatic heterocycles. The summed E-state index contributed by atoms with van der Waals surface area (Å²) >= 11 is 0. The molecule has 112 valence electrons. The number of carbonyl (C=O) groups is 1. The van der Waals surface area contributed by atoms with E-state index in [-0.39, 0.29) is 19.0 Å². The first-order chi connectivity index (χ1) is 10.6. The Bertz CT molecular complexity index is 870. The van der Waals surface area contributed by atoms with Gasteiger partial charge in [-0.05, 0) is 30.3 Å². The number of halogens is 1. The van der Waals surface area contributed by atoms with Crippen molar-refractivity contribution in [2.75, 3.05) is 0 Å². The van der Waals surface area contributed by atoms with Gasteiger partial charge in [-0.15, -0.1) is 0 Å². The second-order valence-corrected chi connectivity index (χ2v) is 4.78. The van der Waals surface area contributed by atoms with Gasteiger partial charge in [-0.1, -0.05) is 6.07 Å². The molecule has 0 spiro atoms. The molecule has 22 heavy (non-hydrogen) atoms. The van der Waals surface area contributed by atoms with Crippen molar-refractivity contribution in [3.05, 3.63) is 64.6 Å². The highest BCUT2D eigenvalue weighted by Crippen LogP contribution is 2.11. The van der Waals surface area contributed by atoms with Gasteiger partial charge in [0.2, 0.25) is 5.91 Å². The molecule has 2 heterocycles. The molecule has 0 fully saturated rings. The Balaban J connectivity index is 1.74. The first-order valence-electron chi connectivity index (χ1n) is 6.68. The van der Waals surface area contributed by atoms with E-state index < -0.39 is 11.5 Å². The highest BCUT2D eigenvalue weighted by atomic mass is 19.1. The van der Waals surface area contributed by atoms with Crippen molar-refractivity contribution in [1.29, 1.82) is 0 Å². The number of nitrogens with one attached hydrogen (secondary N) is 2. The Labute approximate surface area is 124 Å². The molecule has 3 rings (SSSR count). The summed E-state index contributed by atoms with van der Waals surface area (Å²) in [6.45, 7) is 0.142. The van der Waals surface area contributed by atoms with Crippen molar-refractivity contribution in [3.8, 4) is 0 Å². The Morgan fingerprint density at radius 2 is 2.18 bits per heavy atom. The number of H-pyrrole nitrogens is 1. The van der Waals surface area contributed by atoms with E-state index in [1.165, 1.54) is 22.8 Å². The number of nitrogens with zero attached hydrogens (tertiary/aromatic N) is 2. The molecule has 2 N–H and O–H groups in total. The summed E-state index contributed by atoms with van der Waals surface area (Å²) < 4.78 is 14.4. The molecule has 1 aromatic carbocycles. The van der Waals surface area contributed by atoms with Gasteiger partial charge in [0.25, 0.3) is 0 Å². The predicted octanol–water partition coefficient (Wildman–Crippen LogP) is 1.18. The molecule has 1 amide bonds. The zero-order chi connectivity index (χ0) is 15.5. The summed E-state index contributed by atoms with van der Waals surface area (Å²) in [4.78, 5) is 30.4. The van der Waals surface area contributed by atoms with E-state index in [1.54, 1.807) is 18.3 Å². The van der Waals surface area contributed by atoms with Crippen LogP contribution in [0, 0.1) is 5.82 Å². The van der Waals surface area contributed by atoms with Gasteiger partial charge in [-0.25, -0.2) is 9.18 Å². The average molecular weight is 300 g/mol. The summed E-state index contributed by atoms with van der Waals surface area (Å²) in [7, 11) is 0. The molecule has 0 saturated carbocycles. The normalized spacial score (nSPS) is 10.8. The minimum Gasteiger partial charge on any atom is -0.349 e. The summed E-state index contributed by atoms with van der Waals surface area (Å²) in [5.74, 6) is -0.765.